The minimum absolute atomic E-state index is 0.00743. The number of aromatic nitrogens is 2. The van der Waals surface area contributed by atoms with Gasteiger partial charge < -0.3 is 15.4 Å². The molecule has 37 heavy (non-hydrogen) atoms. The highest BCUT2D eigenvalue weighted by molar-refractivity contribution is 7.09. The molecule has 200 valence electrons. The highest BCUT2D eigenvalue weighted by atomic mass is 32.1. The van der Waals surface area contributed by atoms with Crippen LogP contribution < -0.4 is 20.2 Å². The maximum absolute atomic E-state index is 13.4. The summed E-state index contributed by atoms with van der Waals surface area (Å²) in [7, 11) is 0. The molecule has 2 fully saturated rings. The molecule has 2 aromatic rings. The third kappa shape index (κ3) is 6.56. The number of carbonyl (C=O) groups excluding carboxylic acids is 3. The fourth-order valence-electron chi connectivity index (χ4n) is 3.98. The summed E-state index contributed by atoms with van der Waals surface area (Å²) in [4.78, 5) is 40.7. The highest BCUT2D eigenvalue weighted by Gasteiger charge is 2.33. The van der Waals surface area contributed by atoms with Gasteiger partial charge in [-0.3, -0.25) is 14.4 Å². The van der Waals surface area contributed by atoms with Gasteiger partial charge in [-0.15, -0.1) is 0 Å². The number of carbonyl (C=O) groups is 3. The normalized spacial score (nSPS) is 20.8. The van der Waals surface area contributed by atoms with Gasteiger partial charge >= 0.3 is 6.18 Å². The molecule has 2 saturated heterocycles. The van der Waals surface area contributed by atoms with E-state index in [9.17, 15) is 27.6 Å². The molecule has 13 heteroatoms. The Kier molecular flexibility index (Phi) is 7.45. The summed E-state index contributed by atoms with van der Waals surface area (Å²) < 4.78 is 47.5. The van der Waals surface area contributed by atoms with E-state index >= 15 is 0 Å². The molecular weight excluding hydrogens is 511 g/mol. The minimum Gasteiger partial charge on any atom is -0.491 e. The van der Waals surface area contributed by atoms with E-state index in [1.165, 1.54) is 4.68 Å². The molecule has 1 aromatic carbocycles. The lowest BCUT2D eigenvalue weighted by atomic mass is 9.98. The number of halogens is 3. The van der Waals surface area contributed by atoms with E-state index in [2.05, 4.69) is 20.7 Å². The van der Waals surface area contributed by atoms with Gasteiger partial charge in [-0.25, -0.2) is 4.68 Å². The van der Waals surface area contributed by atoms with Crippen molar-refractivity contribution < 1.29 is 32.3 Å². The fraction of sp³-hybridized carbons (Fsp3) is 0.542. The first-order valence-corrected chi connectivity index (χ1v) is 12.7. The van der Waals surface area contributed by atoms with Gasteiger partial charge in [0, 0.05) is 24.3 Å². The average molecular weight is 540 g/mol. The second kappa shape index (κ2) is 10.3. The van der Waals surface area contributed by atoms with Crippen molar-refractivity contribution >= 4 is 29.1 Å². The Morgan fingerprint density at radius 1 is 1.14 bits per heavy atom. The third-order valence-corrected chi connectivity index (χ3v) is 7.37. The van der Waals surface area contributed by atoms with Gasteiger partial charge in [-0.05, 0) is 31.0 Å². The summed E-state index contributed by atoms with van der Waals surface area (Å²) in [6, 6.07) is 2.17. The molecule has 0 aliphatic carbocycles. The van der Waals surface area contributed by atoms with E-state index in [1.807, 2.05) is 20.8 Å². The van der Waals surface area contributed by atoms with Gasteiger partial charge in [-0.2, -0.15) is 23.3 Å². The fourth-order valence-corrected chi connectivity index (χ4v) is 4.94. The van der Waals surface area contributed by atoms with Crippen molar-refractivity contribution in [2.75, 3.05) is 6.61 Å². The van der Waals surface area contributed by atoms with Crippen LogP contribution in [0.15, 0.2) is 23.2 Å². The minimum atomic E-state index is -4.67. The summed E-state index contributed by atoms with van der Waals surface area (Å²) in [6.45, 7) is 6.12. The van der Waals surface area contributed by atoms with Crippen LogP contribution in [0, 0.1) is 0 Å². The van der Waals surface area contributed by atoms with Crippen LogP contribution in [-0.4, -0.2) is 46.2 Å². The van der Waals surface area contributed by atoms with E-state index < -0.39 is 17.6 Å². The zero-order valence-corrected chi connectivity index (χ0v) is 21.5. The second-order valence-electron chi connectivity index (χ2n) is 10.2. The van der Waals surface area contributed by atoms with Crippen molar-refractivity contribution in [2.24, 2.45) is 4.99 Å². The zero-order valence-electron chi connectivity index (χ0n) is 20.6. The topological polar surface area (TPSA) is 115 Å². The molecule has 0 unspecified atom stereocenters. The Labute approximate surface area is 215 Å². The summed E-state index contributed by atoms with van der Waals surface area (Å²) in [5.41, 5.74) is -1.71. The molecule has 2 aliphatic heterocycles. The van der Waals surface area contributed by atoms with E-state index in [1.54, 1.807) is 0 Å². The Balaban J connectivity index is 1.69. The molecule has 2 N–H and O–H groups in total. The molecule has 0 bridgehead atoms. The predicted molar refractivity (Wildman–Crippen MR) is 128 cm³/mol. The van der Waals surface area contributed by atoms with Crippen LogP contribution >= 0.6 is 11.3 Å². The lowest BCUT2D eigenvalue weighted by Gasteiger charge is -2.15. The van der Waals surface area contributed by atoms with Gasteiger partial charge in [0.05, 0.1) is 23.7 Å². The summed E-state index contributed by atoms with van der Waals surface area (Å²) in [6.07, 6.45) is -2.81. The van der Waals surface area contributed by atoms with Crippen LogP contribution in [0.1, 0.15) is 67.4 Å². The van der Waals surface area contributed by atoms with Crippen molar-refractivity contribution in [3.63, 3.8) is 0 Å². The van der Waals surface area contributed by atoms with Crippen molar-refractivity contribution in [1.82, 2.24) is 20.4 Å². The lowest BCUT2D eigenvalue weighted by molar-refractivity contribution is -0.137. The maximum Gasteiger partial charge on any atom is 0.416 e. The quantitative estimate of drug-likeness (QED) is 0.586. The smallest absolute Gasteiger partial charge is 0.416 e. The first-order chi connectivity index (χ1) is 17.3. The van der Waals surface area contributed by atoms with Crippen molar-refractivity contribution in [2.45, 2.75) is 76.7 Å². The molecule has 0 spiro atoms. The van der Waals surface area contributed by atoms with Crippen LogP contribution in [-0.2, 0) is 27.7 Å². The van der Waals surface area contributed by atoms with E-state index in [4.69, 9.17) is 4.74 Å². The predicted octanol–water partition coefficient (Wildman–Crippen LogP) is 2.94. The van der Waals surface area contributed by atoms with Crippen molar-refractivity contribution in [1.29, 1.82) is 0 Å². The second-order valence-corrected chi connectivity index (χ2v) is 11.1. The molecule has 0 radical (unpaired) electrons. The maximum atomic E-state index is 13.4. The number of alkyl halides is 3. The van der Waals surface area contributed by atoms with Gasteiger partial charge in [0.2, 0.25) is 16.6 Å². The summed E-state index contributed by atoms with van der Waals surface area (Å²) in [5, 5.41) is 10.8. The van der Waals surface area contributed by atoms with Gasteiger partial charge in [0.25, 0.3) is 5.91 Å². The van der Waals surface area contributed by atoms with E-state index in [-0.39, 0.29) is 58.6 Å². The first kappa shape index (κ1) is 26.8. The largest absolute Gasteiger partial charge is 0.491 e. The Morgan fingerprint density at radius 3 is 2.35 bits per heavy atom. The van der Waals surface area contributed by atoms with Crippen LogP contribution in [0.2, 0.25) is 0 Å². The molecular formula is C24H28F3N5O4S. The number of amides is 3. The van der Waals surface area contributed by atoms with Crippen LogP contribution in [0.25, 0.3) is 0 Å². The van der Waals surface area contributed by atoms with Crippen LogP contribution in [0.4, 0.5) is 13.2 Å². The van der Waals surface area contributed by atoms with Gasteiger partial charge in [0.1, 0.15) is 17.4 Å². The first-order valence-electron chi connectivity index (χ1n) is 11.9. The molecule has 3 heterocycles. The monoisotopic (exact) mass is 539 g/mol. The number of benzene rings is 1. The third-order valence-electron chi connectivity index (χ3n) is 6.00. The van der Waals surface area contributed by atoms with E-state index in [0.29, 0.717) is 30.7 Å². The standard InChI is InChI=1S/C24H28F3N5O4S/c1-23(2,3)21-31-32(11-14-5-8-18(33)28-14)22(37-21)30-20(35)16-10-13(24(25,26)27)4-7-17(16)36-12-15-6-9-19(34)29-15/h4,7,10,14-15H,5-6,8-9,11-12H2,1-3H3,(H,28,33)(H,29,34)/t14-,15-/m0/s1. The number of ether oxygens (including phenoxy) is 1. The zero-order chi connectivity index (χ0) is 27.0. The number of hydrogen-bond donors (Lipinski definition) is 2. The van der Waals surface area contributed by atoms with E-state index in [0.717, 1.165) is 29.5 Å². The molecule has 2 atom stereocenters. The van der Waals surface area contributed by atoms with Gasteiger partial charge in [0.15, 0.2) is 0 Å². The van der Waals surface area contributed by atoms with Crippen molar-refractivity contribution in [3.8, 4) is 5.75 Å². The van der Waals surface area contributed by atoms with Crippen LogP contribution in [0.5, 0.6) is 5.75 Å². The summed E-state index contributed by atoms with van der Waals surface area (Å²) >= 11 is 1.16. The van der Waals surface area contributed by atoms with Gasteiger partial charge in [-0.1, -0.05) is 32.1 Å². The Hall–Kier alpha value is -3.22. The molecule has 3 amide bonds. The molecule has 2 aliphatic rings. The number of nitrogens with one attached hydrogen (secondary N) is 2. The Bertz CT molecular complexity index is 1280. The number of nitrogens with zero attached hydrogens (tertiary/aromatic N) is 3. The average Bonchev–Trinajstić information content (AvgIpc) is 3.52. The number of hydrogen-bond acceptors (Lipinski definition) is 6. The van der Waals surface area contributed by atoms with Crippen LogP contribution in [0.3, 0.4) is 0 Å². The highest BCUT2D eigenvalue weighted by Crippen LogP contribution is 2.33. The lowest BCUT2D eigenvalue weighted by Crippen LogP contribution is -2.33. The van der Waals surface area contributed by atoms with Crippen molar-refractivity contribution in [3.05, 3.63) is 39.1 Å². The Morgan fingerprint density at radius 2 is 1.78 bits per heavy atom. The SMILES string of the molecule is CC(C)(C)c1nn(C[C@@H]2CCC(=O)N2)c(=NC(=O)c2cc(C(F)(F)F)ccc2OC[C@@H]2CCC(=O)N2)s1. The summed E-state index contributed by atoms with van der Waals surface area (Å²) in [5.74, 6) is -1.17. The number of rotatable bonds is 6. The molecule has 0 saturated carbocycles. The molecule has 1 aromatic heterocycles. The molecule has 9 nitrogen and oxygen atoms in total. The molecule has 4 rings (SSSR count).